The van der Waals surface area contributed by atoms with Crippen molar-refractivity contribution < 1.29 is 9.21 Å². The van der Waals surface area contributed by atoms with Crippen LogP contribution in [0.5, 0.6) is 0 Å². The maximum absolute atomic E-state index is 12.0. The van der Waals surface area contributed by atoms with Crippen LogP contribution in [0.15, 0.2) is 46.6 Å². The molecule has 0 radical (unpaired) electrons. The number of hydrogen-bond acceptors (Lipinski definition) is 3. The van der Waals surface area contributed by atoms with Crippen LogP contribution in [0.3, 0.4) is 0 Å². The zero-order valence-electron chi connectivity index (χ0n) is 9.56. The van der Waals surface area contributed by atoms with Crippen LogP contribution in [0.2, 0.25) is 10.0 Å². The van der Waals surface area contributed by atoms with E-state index in [2.05, 4.69) is 0 Å². The Bertz CT molecular complexity index is 682. The minimum Gasteiger partial charge on any atom is -0.461 e. The lowest BCUT2D eigenvalue weighted by Gasteiger charge is -2.00. The van der Waals surface area contributed by atoms with Gasteiger partial charge in [0.15, 0.2) is 5.76 Å². The molecule has 2 rings (SSSR count). The van der Waals surface area contributed by atoms with Gasteiger partial charge in [0, 0.05) is 10.0 Å². The average molecular weight is 292 g/mol. The van der Waals surface area contributed by atoms with Crippen molar-refractivity contribution in [3.63, 3.8) is 0 Å². The Kier molecular flexibility index (Phi) is 4.06. The molecule has 5 heteroatoms. The number of furan rings is 1. The van der Waals surface area contributed by atoms with E-state index in [4.69, 9.17) is 32.9 Å². The highest BCUT2D eigenvalue weighted by molar-refractivity contribution is 6.35. The topological polar surface area (TPSA) is 54.0 Å². The van der Waals surface area contributed by atoms with Crippen molar-refractivity contribution in [3.05, 3.63) is 63.5 Å². The number of halogens is 2. The molecule has 0 atom stereocenters. The van der Waals surface area contributed by atoms with Gasteiger partial charge in [0.1, 0.15) is 11.6 Å². The molecule has 3 nitrogen and oxygen atoms in total. The van der Waals surface area contributed by atoms with Crippen molar-refractivity contribution in [3.8, 4) is 6.07 Å². The van der Waals surface area contributed by atoms with Crippen LogP contribution in [0.4, 0.5) is 0 Å². The molecule has 1 aromatic carbocycles. The van der Waals surface area contributed by atoms with Crippen LogP contribution in [0, 0.1) is 11.3 Å². The molecule has 0 saturated heterocycles. The highest BCUT2D eigenvalue weighted by Crippen LogP contribution is 2.23. The van der Waals surface area contributed by atoms with E-state index >= 15 is 0 Å². The molecule has 0 bridgehead atoms. The van der Waals surface area contributed by atoms with Crippen LogP contribution in [0.25, 0.3) is 6.08 Å². The summed E-state index contributed by atoms with van der Waals surface area (Å²) in [7, 11) is 0. The predicted octanol–water partition coefficient (Wildman–Crippen LogP) is 4.38. The van der Waals surface area contributed by atoms with Crippen molar-refractivity contribution in [1.82, 2.24) is 0 Å². The first kappa shape index (κ1) is 13.4. The molecule has 2 aromatic rings. The zero-order valence-corrected chi connectivity index (χ0v) is 11.1. The Balaban J connectivity index is 2.40. The monoisotopic (exact) mass is 291 g/mol. The summed E-state index contributed by atoms with van der Waals surface area (Å²) in [6.07, 6.45) is 2.78. The first-order valence-corrected chi connectivity index (χ1v) is 6.02. The Morgan fingerprint density at radius 2 is 2.11 bits per heavy atom. The summed E-state index contributed by atoms with van der Waals surface area (Å²) in [5.41, 5.74) is 0.488. The lowest BCUT2D eigenvalue weighted by molar-refractivity contribution is 0.101. The summed E-state index contributed by atoms with van der Waals surface area (Å²) in [5.74, 6) is -0.378. The molecule has 1 aromatic heterocycles. The number of hydrogen-bond donors (Lipinski definition) is 0. The number of Topliss-reactive ketones (excluding diaryl/α,β-unsaturated/α-hetero) is 1. The maximum Gasteiger partial charge on any atom is 0.238 e. The Hall–Kier alpha value is -2.02. The van der Waals surface area contributed by atoms with Crippen molar-refractivity contribution in [2.75, 3.05) is 0 Å². The second-order valence-corrected chi connectivity index (χ2v) is 4.49. The van der Waals surface area contributed by atoms with Gasteiger partial charge < -0.3 is 4.42 Å². The third-order valence-corrected chi connectivity index (χ3v) is 2.93. The normalized spacial score (nSPS) is 11.1. The molecule has 1 heterocycles. The summed E-state index contributed by atoms with van der Waals surface area (Å²) >= 11 is 11.8. The first-order chi connectivity index (χ1) is 9.11. The summed E-state index contributed by atoms with van der Waals surface area (Å²) in [6.45, 7) is 0. The third kappa shape index (κ3) is 3.05. The van der Waals surface area contributed by atoms with Gasteiger partial charge in [0.25, 0.3) is 0 Å². The summed E-state index contributed by atoms with van der Waals surface area (Å²) in [4.78, 5) is 12.0. The van der Waals surface area contributed by atoms with Crippen LogP contribution in [-0.4, -0.2) is 5.78 Å². The van der Waals surface area contributed by atoms with Crippen LogP contribution in [0.1, 0.15) is 16.1 Å². The second-order valence-electron chi connectivity index (χ2n) is 3.64. The quantitative estimate of drug-likeness (QED) is 0.479. The van der Waals surface area contributed by atoms with Crippen LogP contribution in [-0.2, 0) is 0 Å². The van der Waals surface area contributed by atoms with Crippen molar-refractivity contribution >= 4 is 35.1 Å². The highest BCUT2D eigenvalue weighted by atomic mass is 35.5. The van der Waals surface area contributed by atoms with E-state index in [1.54, 1.807) is 24.3 Å². The fraction of sp³-hybridized carbons (Fsp3) is 0. The fourth-order valence-corrected chi connectivity index (χ4v) is 1.93. The van der Waals surface area contributed by atoms with Gasteiger partial charge in [-0.05, 0) is 35.9 Å². The van der Waals surface area contributed by atoms with E-state index in [0.29, 0.717) is 15.6 Å². The van der Waals surface area contributed by atoms with Crippen LogP contribution < -0.4 is 0 Å². The molecule has 0 amide bonds. The Morgan fingerprint density at radius 3 is 2.68 bits per heavy atom. The highest BCUT2D eigenvalue weighted by Gasteiger charge is 2.15. The van der Waals surface area contributed by atoms with Crippen molar-refractivity contribution in [1.29, 1.82) is 5.26 Å². The van der Waals surface area contributed by atoms with E-state index in [-0.39, 0.29) is 11.3 Å². The summed E-state index contributed by atoms with van der Waals surface area (Å²) in [5, 5.41) is 9.90. The smallest absolute Gasteiger partial charge is 0.238 e. The zero-order chi connectivity index (χ0) is 13.8. The molecule has 0 aliphatic rings. The lowest BCUT2D eigenvalue weighted by Crippen LogP contribution is -2.00. The standard InChI is InChI=1S/C14H7Cl2NO2/c15-11-4-3-9(12(16)7-11)6-10(8-17)14(18)13-2-1-5-19-13/h1-7H/b10-6+. The molecule has 0 fully saturated rings. The number of nitriles is 1. The van der Waals surface area contributed by atoms with Gasteiger partial charge in [-0.3, -0.25) is 4.79 Å². The molecule has 0 aliphatic heterocycles. The van der Waals surface area contributed by atoms with Gasteiger partial charge in [0.2, 0.25) is 5.78 Å². The second kappa shape index (κ2) is 5.75. The molecule has 0 spiro atoms. The number of allylic oxidation sites excluding steroid dienone is 1. The molecular weight excluding hydrogens is 285 g/mol. The van der Waals surface area contributed by atoms with Crippen molar-refractivity contribution in [2.45, 2.75) is 0 Å². The molecule has 0 N–H and O–H groups in total. The van der Waals surface area contributed by atoms with E-state index in [0.717, 1.165) is 0 Å². The molecular formula is C14H7Cl2NO2. The lowest BCUT2D eigenvalue weighted by atomic mass is 10.1. The molecule has 0 unspecified atom stereocenters. The predicted molar refractivity (Wildman–Crippen MR) is 73.1 cm³/mol. The number of benzene rings is 1. The van der Waals surface area contributed by atoms with Gasteiger partial charge in [-0.2, -0.15) is 5.26 Å². The largest absolute Gasteiger partial charge is 0.461 e. The first-order valence-electron chi connectivity index (χ1n) is 5.27. The van der Waals surface area contributed by atoms with Gasteiger partial charge in [0.05, 0.1) is 6.26 Å². The Labute approximate surface area is 119 Å². The van der Waals surface area contributed by atoms with Gasteiger partial charge in [-0.1, -0.05) is 29.3 Å². The fourth-order valence-electron chi connectivity index (χ4n) is 1.46. The minimum atomic E-state index is -0.487. The number of carbonyl (C=O) groups excluding carboxylic acids is 1. The van der Waals surface area contributed by atoms with Gasteiger partial charge in [-0.15, -0.1) is 0 Å². The maximum atomic E-state index is 12.0. The average Bonchev–Trinajstić information content (AvgIpc) is 2.91. The van der Waals surface area contributed by atoms with Crippen LogP contribution >= 0.6 is 23.2 Å². The van der Waals surface area contributed by atoms with E-state index in [1.165, 1.54) is 18.4 Å². The van der Waals surface area contributed by atoms with E-state index < -0.39 is 5.78 Å². The Morgan fingerprint density at radius 1 is 1.32 bits per heavy atom. The SMILES string of the molecule is N#C/C(=C\c1ccc(Cl)cc1Cl)C(=O)c1ccco1. The molecule has 19 heavy (non-hydrogen) atoms. The molecule has 94 valence electrons. The third-order valence-electron chi connectivity index (χ3n) is 2.37. The number of ketones is 1. The molecule has 0 saturated carbocycles. The van der Waals surface area contributed by atoms with Gasteiger partial charge in [-0.25, -0.2) is 0 Å². The minimum absolute atomic E-state index is 0.0563. The van der Waals surface area contributed by atoms with Crippen molar-refractivity contribution in [2.24, 2.45) is 0 Å². The summed E-state index contributed by atoms with van der Waals surface area (Å²) in [6, 6.07) is 9.73. The number of rotatable bonds is 3. The van der Waals surface area contributed by atoms with E-state index in [1.807, 2.05) is 6.07 Å². The summed E-state index contributed by atoms with van der Waals surface area (Å²) < 4.78 is 4.97. The number of nitrogens with zero attached hydrogens (tertiary/aromatic N) is 1. The molecule has 0 aliphatic carbocycles. The van der Waals surface area contributed by atoms with Gasteiger partial charge >= 0.3 is 0 Å². The van der Waals surface area contributed by atoms with E-state index in [9.17, 15) is 4.79 Å². The number of carbonyl (C=O) groups is 1.